The maximum Gasteiger partial charge on any atom is 0.223 e. The van der Waals surface area contributed by atoms with Gasteiger partial charge >= 0.3 is 0 Å². The molecule has 1 aliphatic rings. The standard InChI is InChI=1S/C13H26N2O2/c1-11(13(2,3)4)12(16)14-5-6-15-7-9-17-10-8-15/h11H,5-10H2,1-4H3,(H,14,16). The van der Waals surface area contributed by atoms with Gasteiger partial charge in [0.15, 0.2) is 0 Å². The van der Waals surface area contributed by atoms with Crippen LogP contribution in [-0.2, 0) is 9.53 Å². The highest BCUT2D eigenvalue weighted by atomic mass is 16.5. The van der Waals surface area contributed by atoms with Crippen molar-refractivity contribution in [1.82, 2.24) is 10.2 Å². The van der Waals surface area contributed by atoms with Crippen molar-refractivity contribution in [2.45, 2.75) is 27.7 Å². The number of carbonyl (C=O) groups excluding carboxylic acids is 1. The van der Waals surface area contributed by atoms with Crippen LogP contribution in [0.5, 0.6) is 0 Å². The highest BCUT2D eigenvalue weighted by molar-refractivity contribution is 5.78. The lowest BCUT2D eigenvalue weighted by Crippen LogP contribution is -2.43. The number of nitrogens with one attached hydrogen (secondary N) is 1. The second-order valence-electron chi connectivity index (χ2n) is 5.83. The molecular weight excluding hydrogens is 216 g/mol. The van der Waals surface area contributed by atoms with E-state index in [9.17, 15) is 4.79 Å². The molecule has 100 valence electrons. The van der Waals surface area contributed by atoms with Gasteiger partial charge < -0.3 is 10.1 Å². The van der Waals surface area contributed by atoms with Crippen LogP contribution in [0.4, 0.5) is 0 Å². The van der Waals surface area contributed by atoms with Gasteiger partial charge in [0.05, 0.1) is 13.2 Å². The molecule has 4 heteroatoms. The Balaban J connectivity index is 2.19. The number of ether oxygens (including phenoxy) is 1. The van der Waals surface area contributed by atoms with Crippen LogP contribution in [0.15, 0.2) is 0 Å². The minimum absolute atomic E-state index is 0.0308. The zero-order valence-electron chi connectivity index (χ0n) is 11.6. The Bertz CT molecular complexity index is 242. The van der Waals surface area contributed by atoms with E-state index in [1.807, 2.05) is 6.92 Å². The lowest BCUT2D eigenvalue weighted by atomic mass is 9.81. The topological polar surface area (TPSA) is 41.6 Å². The van der Waals surface area contributed by atoms with Gasteiger partial charge in [-0.3, -0.25) is 9.69 Å². The summed E-state index contributed by atoms with van der Waals surface area (Å²) in [7, 11) is 0. The van der Waals surface area contributed by atoms with Crippen LogP contribution >= 0.6 is 0 Å². The Morgan fingerprint density at radius 1 is 1.35 bits per heavy atom. The predicted molar refractivity (Wildman–Crippen MR) is 68.9 cm³/mol. The van der Waals surface area contributed by atoms with E-state index in [-0.39, 0.29) is 17.2 Å². The molecular formula is C13H26N2O2. The van der Waals surface area contributed by atoms with Crippen molar-refractivity contribution in [2.24, 2.45) is 11.3 Å². The number of hydrogen-bond acceptors (Lipinski definition) is 3. The first-order valence-corrected chi connectivity index (χ1v) is 6.49. The van der Waals surface area contributed by atoms with E-state index < -0.39 is 0 Å². The highest BCUT2D eigenvalue weighted by Crippen LogP contribution is 2.25. The van der Waals surface area contributed by atoms with Crippen LogP contribution in [0.25, 0.3) is 0 Å². The number of carbonyl (C=O) groups is 1. The minimum atomic E-state index is 0.0308. The maximum absolute atomic E-state index is 11.9. The molecule has 4 nitrogen and oxygen atoms in total. The third-order valence-electron chi connectivity index (χ3n) is 3.52. The molecule has 1 saturated heterocycles. The maximum atomic E-state index is 11.9. The summed E-state index contributed by atoms with van der Waals surface area (Å²) < 4.78 is 5.28. The molecule has 17 heavy (non-hydrogen) atoms. The van der Waals surface area contributed by atoms with Crippen molar-refractivity contribution >= 4 is 5.91 Å². The van der Waals surface area contributed by atoms with E-state index in [1.165, 1.54) is 0 Å². The summed E-state index contributed by atoms with van der Waals surface area (Å²) in [6, 6.07) is 0. The average Bonchev–Trinajstić information content (AvgIpc) is 2.28. The van der Waals surface area contributed by atoms with E-state index in [2.05, 4.69) is 31.0 Å². The Kier molecular flexibility index (Phi) is 5.40. The van der Waals surface area contributed by atoms with Crippen molar-refractivity contribution in [1.29, 1.82) is 0 Å². The van der Waals surface area contributed by atoms with Gasteiger partial charge in [-0.05, 0) is 5.41 Å². The molecule has 1 fully saturated rings. The zero-order valence-corrected chi connectivity index (χ0v) is 11.6. The molecule has 0 aromatic carbocycles. The summed E-state index contributed by atoms with van der Waals surface area (Å²) in [6.07, 6.45) is 0. The molecule has 1 atom stereocenters. The first-order valence-electron chi connectivity index (χ1n) is 6.49. The zero-order chi connectivity index (χ0) is 12.9. The van der Waals surface area contributed by atoms with E-state index in [0.717, 1.165) is 39.4 Å². The summed E-state index contributed by atoms with van der Waals surface area (Å²) in [5.74, 6) is 0.206. The monoisotopic (exact) mass is 242 g/mol. The lowest BCUT2D eigenvalue weighted by Gasteiger charge is -2.28. The fourth-order valence-corrected chi connectivity index (χ4v) is 1.71. The molecule has 0 saturated carbocycles. The fraction of sp³-hybridized carbons (Fsp3) is 0.923. The van der Waals surface area contributed by atoms with Crippen molar-refractivity contribution in [3.8, 4) is 0 Å². The number of morpholine rings is 1. The van der Waals surface area contributed by atoms with E-state index >= 15 is 0 Å². The Labute approximate surface area is 105 Å². The van der Waals surface area contributed by atoms with Gasteiger partial charge in [0, 0.05) is 32.1 Å². The van der Waals surface area contributed by atoms with Crippen LogP contribution in [-0.4, -0.2) is 50.2 Å². The summed E-state index contributed by atoms with van der Waals surface area (Å²) in [5, 5.41) is 3.01. The highest BCUT2D eigenvalue weighted by Gasteiger charge is 2.26. The molecule has 0 aliphatic carbocycles. The second-order valence-corrected chi connectivity index (χ2v) is 5.83. The fourth-order valence-electron chi connectivity index (χ4n) is 1.71. The summed E-state index contributed by atoms with van der Waals surface area (Å²) in [5.41, 5.74) is 0.0308. The van der Waals surface area contributed by atoms with Crippen LogP contribution in [0.2, 0.25) is 0 Å². The smallest absolute Gasteiger partial charge is 0.223 e. The molecule has 0 aromatic rings. The predicted octanol–water partition coefficient (Wildman–Crippen LogP) is 1.12. The van der Waals surface area contributed by atoms with Gasteiger partial charge in [-0.1, -0.05) is 27.7 Å². The molecule has 1 rings (SSSR count). The number of rotatable bonds is 4. The van der Waals surface area contributed by atoms with Gasteiger partial charge in [0.25, 0.3) is 0 Å². The number of hydrogen-bond donors (Lipinski definition) is 1. The van der Waals surface area contributed by atoms with E-state index in [1.54, 1.807) is 0 Å². The molecule has 1 heterocycles. The normalized spacial score (nSPS) is 20.0. The Morgan fingerprint density at radius 2 is 1.94 bits per heavy atom. The molecule has 0 spiro atoms. The third-order valence-corrected chi connectivity index (χ3v) is 3.52. The molecule has 0 aromatic heterocycles. The molecule has 1 aliphatic heterocycles. The van der Waals surface area contributed by atoms with Crippen molar-refractivity contribution in [3.05, 3.63) is 0 Å². The SMILES string of the molecule is CC(C(=O)NCCN1CCOCC1)C(C)(C)C. The van der Waals surface area contributed by atoms with Gasteiger partial charge in [0.1, 0.15) is 0 Å². The summed E-state index contributed by atoms with van der Waals surface area (Å²) >= 11 is 0. The molecule has 0 radical (unpaired) electrons. The molecule has 1 N–H and O–H groups in total. The largest absolute Gasteiger partial charge is 0.379 e. The van der Waals surface area contributed by atoms with E-state index in [0.29, 0.717) is 0 Å². The third kappa shape index (κ3) is 5.04. The number of amides is 1. The number of nitrogens with zero attached hydrogens (tertiary/aromatic N) is 1. The molecule has 1 unspecified atom stereocenters. The molecule has 1 amide bonds. The van der Waals surface area contributed by atoms with Gasteiger partial charge in [0.2, 0.25) is 5.91 Å². The average molecular weight is 242 g/mol. The first kappa shape index (κ1) is 14.5. The van der Waals surface area contributed by atoms with Crippen molar-refractivity contribution in [2.75, 3.05) is 39.4 Å². The van der Waals surface area contributed by atoms with Gasteiger partial charge in [-0.2, -0.15) is 0 Å². The van der Waals surface area contributed by atoms with Crippen molar-refractivity contribution < 1.29 is 9.53 Å². The van der Waals surface area contributed by atoms with Crippen LogP contribution in [0, 0.1) is 11.3 Å². The van der Waals surface area contributed by atoms with Gasteiger partial charge in [-0.15, -0.1) is 0 Å². The van der Waals surface area contributed by atoms with Crippen LogP contribution < -0.4 is 5.32 Å². The van der Waals surface area contributed by atoms with Gasteiger partial charge in [-0.25, -0.2) is 0 Å². The second kappa shape index (κ2) is 6.36. The van der Waals surface area contributed by atoms with Crippen molar-refractivity contribution in [3.63, 3.8) is 0 Å². The van der Waals surface area contributed by atoms with E-state index in [4.69, 9.17) is 4.74 Å². The lowest BCUT2D eigenvalue weighted by molar-refractivity contribution is -0.127. The Hall–Kier alpha value is -0.610. The van der Waals surface area contributed by atoms with Crippen LogP contribution in [0.3, 0.4) is 0 Å². The minimum Gasteiger partial charge on any atom is -0.379 e. The quantitative estimate of drug-likeness (QED) is 0.803. The molecule has 0 bridgehead atoms. The summed E-state index contributed by atoms with van der Waals surface area (Å²) in [4.78, 5) is 14.2. The first-order chi connectivity index (χ1) is 7.91. The van der Waals surface area contributed by atoms with Crippen LogP contribution in [0.1, 0.15) is 27.7 Å². The Morgan fingerprint density at radius 3 is 2.47 bits per heavy atom. The summed E-state index contributed by atoms with van der Waals surface area (Å²) in [6.45, 7) is 13.5.